The number of amides is 1. The van der Waals surface area contributed by atoms with E-state index < -0.39 is 18.6 Å². The molecule has 0 spiro atoms. The Bertz CT molecular complexity index is 1070. The molecule has 2 heterocycles. The molecule has 9 nitrogen and oxygen atoms in total. The predicted molar refractivity (Wildman–Crippen MR) is 106 cm³/mol. The van der Waals surface area contributed by atoms with Crippen LogP contribution in [-0.2, 0) is 27.2 Å². The number of nitrogens with zero attached hydrogens (tertiary/aromatic N) is 4. The summed E-state index contributed by atoms with van der Waals surface area (Å²) in [6, 6.07) is 13.7. The molecule has 4 rings (SSSR count). The van der Waals surface area contributed by atoms with Crippen LogP contribution in [0.1, 0.15) is 33.9 Å². The molecule has 0 bridgehead atoms. The molecule has 152 valence electrons. The Balaban J connectivity index is 1.43. The Morgan fingerprint density at radius 3 is 2.73 bits per heavy atom. The molecule has 0 fully saturated rings. The smallest absolute Gasteiger partial charge is 0.331 e. The molecular formula is C21H19N5O4. The Morgan fingerprint density at radius 2 is 1.97 bits per heavy atom. The van der Waals surface area contributed by atoms with Gasteiger partial charge in [0.15, 0.2) is 18.4 Å². The fourth-order valence-electron chi connectivity index (χ4n) is 3.31. The first-order valence-corrected chi connectivity index (χ1v) is 9.49. The van der Waals surface area contributed by atoms with Crippen LogP contribution < -0.4 is 5.32 Å². The molecule has 1 N–H and O–H groups in total. The Labute approximate surface area is 172 Å². The zero-order valence-electron chi connectivity index (χ0n) is 16.0. The lowest BCUT2D eigenvalue weighted by Crippen LogP contribution is -2.27. The third kappa shape index (κ3) is 4.40. The first-order chi connectivity index (χ1) is 14.6. The second kappa shape index (κ2) is 8.64. The number of aromatic nitrogens is 4. The van der Waals surface area contributed by atoms with Gasteiger partial charge in [-0.25, -0.2) is 9.48 Å². The fraction of sp³-hybridized carbons (Fsp3) is 0.238. The van der Waals surface area contributed by atoms with Gasteiger partial charge in [-0.1, -0.05) is 30.3 Å². The van der Waals surface area contributed by atoms with Crippen LogP contribution in [0.5, 0.6) is 0 Å². The highest BCUT2D eigenvalue weighted by molar-refractivity contribution is 6.00. The van der Waals surface area contributed by atoms with E-state index in [0.29, 0.717) is 30.5 Å². The number of hydrogen-bond donors (Lipinski definition) is 1. The predicted octanol–water partition coefficient (Wildman–Crippen LogP) is 1.77. The summed E-state index contributed by atoms with van der Waals surface area (Å²) in [5.41, 5.74) is 2.95. The van der Waals surface area contributed by atoms with Gasteiger partial charge >= 0.3 is 5.97 Å². The number of carbonyl (C=O) groups excluding carboxylic acids is 3. The number of ether oxygens (including phenoxy) is 1. The van der Waals surface area contributed by atoms with Gasteiger partial charge in [-0.2, -0.15) is 0 Å². The number of rotatable bonds is 7. The number of anilines is 1. The molecule has 30 heavy (non-hydrogen) atoms. The number of benzene rings is 2. The molecule has 2 aromatic carbocycles. The molecule has 0 radical (unpaired) electrons. The maximum absolute atomic E-state index is 12.7. The maximum atomic E-state index is 12.7. The lowest BCUT2D eigenvalue weighted by atomic mass is 9.99. The number of hydrogen-bond acceptors (Lipinski definition) is 7. The quantitative estimate of drug-likeness (QED) is 0.470. The van der Waals surface area contributed by atoms with E-state index in [0.717, 1.165) is 11.1 Å². The van der Waals surface area contributed by atoms with Crippen molar-refractivity contribution in [1.82, 2.24) is 20.2 Å². The molecule has 3 aromatic rings. The second-order valence-corrected chi connectivity index (χ2v) is 6.95. The molecule has 0 aliphatic carbocycles. The molecule has 1 aliphatic rings. The van der Waals surface area contributed by atoms with Gasteiger partial charge in [-0.3, -0.25) is 9.59 Å². The third-order valence-corrected chi connectivity index (χ3v) is 4.90. The number of fused-ring (bicyclic) bond motifs is 1. The highest BCUT2D eigenvalue weighted by Crippen LogP contribution is 2.24. The maximum Gasteiger partial charge on any atom is 0.331 e. The summed E-state index contributed by atoms with van der Waals surface area (Å²) >= 11 is 0. The van der Waals surface area contributed by atoms with Crippen molar-refractivity contribution in [1.29, 1.82) is 0 Å². The largest absolute Gasteiger partial charge is 0.456 e. The summed E-state index contributed by atoms with van der Waals surface area (Å²) in [5, 5.41) is 13.7. The summed E-state index contributed by atoms with van der Waals surface area (Å²) in [6.07, 6.45) is 2.62. The van der Waals surface area contributed by atoms with Gasteiger partial charge in [-0.15, -0.1) is 5.10 Å². The first-order valence-electron chi connectivity index (χ1n) is 9.49. The third-order valence-electron chi connectivity index (χ3n) is 4.90. The average Bonchev–Trinajstić information content (AvgIpc) is 3.30. The highest BCUT2D eigenvalue weighted by atomic mass is 16.5. The molecule has 1 aromatic heterocycles. The van der Waals surface area contributed by atoms with Gasteiger partial charge in [0, 0.05) is 24.1 Å². The van der Waals surface area contributed by atoms with Crippen LogP contribution in [-0.4, -0.2) is 44.5 Å². The summed E-state index contributed by atoms with van der Waals surface area (Å²) in [5.74, 6) is -0.953. The van der Waals surface area contributed by atoms with Crippen molar-refractivity contribution >= 4 is 23.3 Å². The summed E-state index contributed by atoms with van der Waals surface area (Å²) in [7, 11) is 0. The zero-order valence-corrected chi connectivity index (χ0v) is 16.0. The Morgan fingerprint density at radius 1 is 1.13 bits per heavy atom. The minimum atomic E-state index is -0.783. The number of aryl methyl sites for hydroxylation is 1. The molecule has 1 amide bonds. The minimum absolute atomic E-state index is 0.0393. The molecule has 0 unspecified atom stereocenters. The number of tetrazole rings is 1. The van der Waals surface area contributed by atoms with Crippen molar-refractivity contribution in [3.8, 4) is 0 Å². The molecule has 0 saturated heterocycles. The number of nitrogens with one attached hydrogen (secondary N) is 1. The Kier molecular flexibility index (Phi) is 5.60. The van der Waals surface area contributed by atoms with Crippen molar-refractivity contribution in [3.63, 3.8) is 0 Å². The molecular weight excluding hydrogens is 386 g/mol. The minimum Gasteiger partial charge on any atom is -0.456 e. The van der Waals surface area contributed by atoms with Crippen LogP contribution in [0.15, 0.2) is 54.9 Å². The first kappa shape index (κ1) is 19.4. The van der Waals surface area contributed by atoms with Crippen molar-refractivity contribution < 1.29 is 19.1 Å². The Hall–Kier alpha value is -3.88. The number of ketones is 1. The van der Waals surface area contributed by atoms with Gasteiger partial charge in [0.05, 0.1) is 0 Å². The van der Waals surface area contributed by atoms with Crippen molar-refractivity contribution in [2.75, 3.05) is 11.9 Å². The van der Waals surface area contributed by atoms with Crippen molar-refractivity contribution in [3.05, 3.63) is 71.5 Å². The van der Waals surface area contributed by atoms with E-state index in [1.807, 2.05) is 30.3 Å². The van der Waals surface area contributed by atoms with E-state index in [9.17, 15) is 14.4 Å². The van der Waals surface area contributed by atoms with E-state index in [1.165, 1.54) is 11.0 Å². The van der Waals surface area contributed by atoms with Crippen molar-refractivity contribution in [2.24, 2.45) is 0 Å². The lowest BCUT2D eigenvalue weighted by molar-refractivity contribution is -0.146. The second-order valence-electron chi connectivity index (χ2n) is 6.95. The van der Waals surface area contributed by atoms with E-state index >= 15 is 0 Å². The highest BCUT2D eigenvalue weighted by Gasteiger charge is 2.25. The lowest BCUT2D eigenvalue weighted by Gasteiger charge is -2.18. The van der Waals surface area contributed by atoms with Gasteiger partial charge in [0.25, 0.3) is 0 Å². The van der Waals surface area contributed by atoms with E-state index in [2.05, 4.69) is 20.8 Å². The molecule has 1 atom stereocenters. The number of esters is 1. The van der Waals surface area contributed by atoms with E-state index in [4.69, 9.17) is 4.74 Å². The van der Waals surface area contributed by atoms with Crippen LogP contribution in [0.3, 0.4) is 0 Å². The SMILES string of the molecule is O=C1CCc2cc(C(=O)COC(=O)[C@H](Cc3ccccc3)n3cnnn3)ccc2N1. The van der Waals surface area contributed by atoms with Gasteiger partial charge in [-0.05, 0) is 46.2 Å². The van der Waals surface area contributed by atoms with Crippen LogP contribution in [0, 0.1) is 0 Å². The monoisotopic (exact) mass is 405 g/mol. The van der Waals surface area contributed by atoms with Gasteiger partial charge < -0.3 is 10.1 Å². The standard InChI is InChI=1S/C21H19N5O4/c27-19(16-6-8-17-15(11-16)7-9-20(28)23-17)12-30-21(29)18(26-13-22-24-25-26)10-14-4-2-1-3-5-14/h1-6,8,11,13,18H,7,9-10,12H2,(H,23,28)/t18-/m0/s1. The van der Waals surface area contributed by atoms with Crippen LogP contribution in [0.2, 0.25) is 0 Å². The summed E-state index contributed by atoms with van der Waals surface area (Å²) in [4.78, 5) is 36.7. The molecule has 1 aliphatic heterocycles. The van der Waals surface area contributed by atoms with Gasteiger partial charge in [0.2, 0.25) is 5.91 Å². The topological polar surface area (TPSA) is 116 Å². The molecule has 0 saturated carbocycles. The number of carbonyl (C=O) groups is 3. The summed E-state index contributed by atoms with van der Waals surface area (Å²) in [6.45, 7) is -0.391. The van der Waals surface area contributed by atoms with Crippen molar-refractivity contribution in [2.45, 2.75) is 25.3 Å². The normalized spacial score (nSPS) is 13.8. The van der Waals surface area contributed by atoms with E-state index in [1.54, 1.807) is 18.2 Å². The summed E-state index contributed by atoms with van der Waals surface area (Å²) < 4.78 is 6.62. The average molecular weight is 405 g/mol. The van der Waals surface area contributed by atoms with E-state index in [-0.39, 0.29) is 11.7 Å². The van der Waals surface area contributed by atoms with Crippen LogP contribution in [0.4, 0.5) is 5.69 Å². The van der Waals surface area contributed by atoms with Crippen LogP contribution in [0.25, 0.3) is 0 Å². The van der Waals surface area contributed by atoms with Gasteiger partial charge in [0.1, 0.15) is 6.33 Å². The number of Topliss-reactive ketones (excluding diaryl/α,β-unsaturated/α-hetero) is 1. The van der Waals surface area contributed by atoms with Crippen LogP contribution >= 0.6 is 0 Å². The fourth-order valence-corrected chi connectivity index (χ4v) is 3.31. The molecule has 9 heteroatoms. The zero-order chi connectivity index (χ0) is 20.9.